The molecule has 1 amide bonds. The molecule has 0 unspecified atom stereocenters. The van der Waals surface area contributed by atoms with Crippen LogP contribution in [0.1, 0.15) is 5.56 Å². The smallest absolute Gasteiger partial charge is 0.250 e. The van der Waals surface area contributed by atoms with Gasteiger partial charge in [0, 0.05) is 22.0 Å². The molecule has 0 aliphatic rings. The van der Waals surface area contributed by atoms with Crippen LogP contribution in [0.25, 0.3) is 17.3 Å². The van der Waals surface area contributed by atoms with Gasteiger partial charge in [0.25, 0.3) is 0 Å². The van der Waals surface area contributed by atoms with Crippen LogP contribution in [0.3, 0.4) is 0 Å². The highest BCUT2D eigenvalue weighted by atomic mass is 35.5. The molecular weight excluding hydrogens is 382 g/mol. The molecule has 126 valence electrons. The van der Waals surface area contributed by atoms with Gasteiger partial charge in [-0.1, -0.05) is 35.3 Å². The molecule has 0 atom stereocenters. The van der Waals surface area contributed by atoms with Gasteiger partial charge in [-0.2, -0.15) is 0 Å². The number of hydrogen-bond acceptors (Lipinski definition) is 3. The molecule has 0 aliphatic carbocycles. The van der Waals surface area contributed by atoms with Gasteiger partial charge in [0.05, 0.1) is 10.7 Å². The first-order valence-electron chi connectivity index (χ1n) is 7.17. The number of aromatic nitrogens is 1. The molecule has 7 heteroatoms. The SMILES string of the molecule is O=C(/C=C/c1cccc(F)c1)Nc1nc(-c2ccc(Cl)cc2Cl)cs1. The average Bonchev–Trinajstić information content (AvgIpc) is 3.01. The van der Waals surface area contributed by atoms with E-state index in [1.807, 2.05) is 0 Å². The molecule has 3 nitrogen and oxygen atoms in total. The minimum Gasteiger partial charge on any atom is -0.298 e. The number of halogens is 3. The van der Waals surface area contributed by atoms with Crippen molar-refractivity contribution in [1.82, 2.24) is 4.98 Å². The molecule has 0 saturated heterocycles. The topological polar surface area (TPSA) is 42.0 Å². The Hall–Kier alpha value is -2.21. The lowest BCUT2D eigenvalue weighted by Crippen LogP contribution is -2.07. The Kier molecular flexibility index (Phi) is 5.48. The van der Waals surface area contributed by atoms with E-state index in [-0.39, 0.29) is 11.7 Å². The van der Waals surface area contributed by atoms with Crippen LogP contribution in [-0.4, -0.2) is 10.9 Å². The van der Waals surface area contributed by atoms with Gasteiger partial charge in [0.2, 0.25) is 5.91 Å². The fraction of sp³-hybridized carbons (Fsp3) is 0. The number of rotatable bonds is 4. The van der Waals surface area contributed by atoms with Crippen molar-refractivity contribution in [3.05, 3.63) is 75.3 Å². The van der Waals surface area contributed by atoms with Crippen LogP contribution in [0, 0.1) is 5.82 Å². The van der Waals surface area contributed by atoms with Crippen molar-refractivity contribution < 1.29 is 9.18 Å². The Bertz CT molecular complexity index is 956. The highest BCUT2D eigenvalue weighted by molar-refractivity contribution is 7.14. The number of nitrogens with one attached hydrogen (secondary N) is 1. The fourth-order valence-electron chi connectivity index (χ4n) is 2.08. The fourth-order valence-corrected chi connectivity index (χ4v) is 3.30. The van der Waals surface area contributed by atoms with Crippen molar-refractivity contribution in [3.63, 3.8) is 0 Å². The summed E-state index contributed by atoms with van der Waals surface area (Å²) in [5.41, 5.74) is 1.98. The van der Waals surface area contributed by atoms with Crippen molar-refractivity contribution in [2.24, 2.45) is 0 Å². The minimum absolute atomic E-state index is 0.354. The highest BCUT2D eigenvalue weighted by Crippen LogP contribution is 2.32. The number of carbonyl (C=O) groups is 1. The van der Waals surface area contributed by atoms with Crippen LogP contribution in [0.2, 0.25) is 10.0 Å². The predicted molar refractivity (Wildman–Crippen MR) is 102 cm³/mol. The van der Waals surface area contributed by atoms with Gasteiger partial charge in [0.1, 0.15) is 5.82 Å². The summed E-state index contributed by atoms with van der Waals surface area (Å²) in [4.78, 5) is 16.3. The van der Waals surface area contributed by atoms with Crippen molar-refractivity contribution in [2.45, 2.75) is 0 Å². The number of carbonyl (C=O) groups excluding carboxylic acids is 1. The summed E-state index contributed by atoms with van der Waals surface area (Å²) in [6, 6.07) is 11.1. The van der Waals surface area contributed by atoms with E-state index in [4.69, 9.17) is 23.2 Å². The molecule has 3 rings (SSSR count). The first-order valence-corrected chi connectivity index (χ1v) is 8.80. The van der Waals surface area contributed by atoms with E-state index >= 15 is 0 Å². The van der Waals surface area contributed by atoms with E-state index < -0.39 is 0 Å². The molecule has 0 spiro atoms. The minimum atomic E-state index is -0.355. The van der Waals surface area contributed by atoms with Crippen LogP contribution in [0.15, 0.2) is 53.9 Å². The van der Waals surface area contributed by atoms with E-state index in [1.54, 1.807) is 35.7 Å². The van der Waals surface area contributed by atoms with E-state index in [0.29, 0.717) is 26.4 Å². The zero-order valence-corrected chi connectivity index (χ0v) is 15.0. The van der Waals surface area contributed by atoms with Gasteiger partial charge in [-0.05, 0) is 42.0 Å². The third-order valence-electron chi connectivity index (χ3n) is 3.22. The number of amides is 1. The molecule has 0 saturated carbocycles. The lowest BCUT2D eigenvalue weighted by molar-refractivity contribution is -0.111. The Morgan fingerprint density at radius 1 is 1.20 bits per heavy atom. The van der Waals surface area contributed by atoms with Gasteiger partial charge in [-0.3, -0.25) is 10.1 Å². The summed E-state index contributed by atoms with van der Waals surface area (Å²) < 4.78 is 13.1. The van der Waals surface area contributed by atoms with Crippen molar-refractivity contribution in [2.75, 3.05) is 5.32 Å². The number of nitrogens with zero attached hydrogens (tertiary/aromatic N) is 1. The maximum Gasteiger partial charge on any atom is 0.250 e. The first-order chi connectivity index (χ1) is 12.0. The maximum absolute atomic E-state index is 13.1. The van der Waals surface area contributed by atoms with Crippen LogP contribution in [0.5, 0.6) is 0 Å². The average molecular weight is 393 g/mol. The number of hydrogen-bond donors (Lipinski definition) is 1. The predicted octanol–water partition coefficient (Wildman–Crippen LogP) is 5.91. The molecule has 25 heavy (non-hydrogen) atoms. The second-order valence-corrected chi connectivity index (χ2v) is 6.74. The van der Waals surface area contributed by atoms with Gasteiger partial charge in [-0.25, -0.2) is 9.37 Å². The van der Waals surface area contributed by atoms with Gasteiger partial charge < -0.3 is 0 Å². The number of thiazole rings is 1. The van der Waals surface area contributed by atoms with Gasteiger partial charge in [-0.15, -0.1) is 11.3 Å². The van der Waals surface area contributed by atoms with Gasteiger partial charge in [0.15, 0.2) is 5.13 Å². The molecule has 1 aromatic heterocycles. The standard InChI is InChI=1S/C18H11Cl2FN2OS/c19-12-5-6-14(15(20)9-12)16-10-25-18(22-16)23-17(24)7-4-11-2-1-3-13(21)8-11/h1-10H,(H,22,23,24)/b7-4+. The third-order valence-corrected chi connectivity index (χ3v) is 4.52. The van der Waals surface area contributed by atoms with Crippen LogP contribution in [0.4, 0.5) is 9.52 Å². The Morgan fingerprint density at radius 2 is 2.04 bits per heavy atom. The monoisotopic (exact) mass is 392 g/mol. The van der Waals surface area contributed by atoms with Crippen molar-refractivity contribution in [3.8, 4) is 11.3 Å². The van der Waals surface area contributed by atoms with Crippen molar-refractivity contribution in [1.29, 1.82) is 0 Å². The molecular formula is C18H11Cl2FN2OS. The molecule has 1 N–H and O–H groups in total. The zero-order valence-electron chi connectivity index (χ0n) is 12.7. The number of anilines is 1. The summed E-state index contributed by atoms with van der Waals surface area (Å²) in [5.74, 6) is -0.709. The molecule has 2 aromatic carbocycles. The van der Waals surface area contributed by atoms with Crippen LogP contribution < -0.4 is 5.32 Å². The quantitative estimate of drug-likeness (QED) is 0.560. The molecule has 0 radical (unpaired) electrons. The summed E-state index contributed by atoms with van der Waals surface area (Å²) in [6.45, 7) is 0. The lowest BCUT2D eigenvalue weighted by Gasteiger charge is -2.01. The second kappa shape index (κ2) is 7.78. The van der Waals surface area contributed by atoms with Crippen LogP contribution in [-0.2, 0) is 4.79 Å². The molecule has 0 bridgehead atoms. The molecule has 1 heterocycles. The third kappa shape index (κ3) is 4.66. The normalized spacial score (nSPS) is 11.0. The zero-order chi connectivity index (χ0) is 17.8. The molecule has 0 aliphatic heterocycles. The van der Waals surface area contributed by atoms with E-state index in [9.17, 15) is 9.18 Å². The summed E-state index contributed by atoms with van der Waals surface area (Å²) in [7, 11) is 0. The highest BCUT2D eigenvalue weighted by Gasteiger charge is 2.10. The Labute approximate surface area is 157 Å². The number of benzene rings is 2. The first kappa shape index (κ1) is 17.6. The summed E-state index contributed by atoms with van der Waals surface area (Å²) in [5, 5.41) is 5.93. The Balaban J connectivity index is 1.69. The summed E-state index contributed by atoms with van der Waals surface area (Å²) in [6.07, 6.45) is 2.86. The van der Waals surface area contributed by atoms with E-state index in [0.717, 1.165) is 5.56 Å². The molecule has 0 fully saturated rings. The van der Waals surface area contributed by atoms with Gasteiger partial charge >= 0.3 is 0 Å². The molecule has 3 aromatic rings. The second-order valence-electron chi connectivity index (χ2n) is 5.04. The van der Waals surface area contributed by atoms with E-state index in [1.165, 1.54) is 35.6 Å². The van der Waals surface area contributed by atoms with E-state index in [2.05, 4.69) is 10.3 Å². The summed E-state index contributed by atoms with van der Waals surface area (Å²) >= 11 is 13.3. The Morgan fingerprint density at radius 3 is 2.80 bits per heavy atom. The van der Waals surface area contributed by atoms with Crippen LogP contribution >= 0.6 is 34.5 Å². The maximum atomic E-state index is 13.1. The van der Waals surface area contributed by atoms with Crippen molar-refractivity contribution >= 4 is 51.7 Å². The largest absolute Gasteiger partial charge is 0.298 e. The lowest BCUT2D eigenvalue weighted by atomic mass is 10.2.